The summed E-state index contributed by atoms with van der Waals surface area (Å²) in [6.45, 7) is 4.63. The molecule has 4 N–H and O–H groups in total. The highest BCUT2D eigenvalue weighted by molar-refractivity contribution is 6.62. The van der Waals surface area contributed by atoms with E-state index < -0.39 is 18.6 Å². The van der Waals surface area contributed by atoms with E-state index in [1.807, 2.05) is 19.9 Å². The van der Waals surface area contributed by atoms with Crippen molar-refractivity contribution in [3.05, 3.63) is 35.5 Å². The molecule has 0 radical (unpaired) electrons. The van der Waals surface area contributed by atoms with Gasteiger partial charge in [-0.25, -0.2) is 0 Å². The maximum absolute atomic E-state index is 12.0. The number of carbonyl (C=O) groups excluding carboxylic acids is 1. The van der Waals surface area contributed by atoms with Crippen LogP contribution in [0.2, 0.25) is 0 Å². The molecular weight excluding hydrogens is 373 g/mol. The molecular formula is C19H22BN5O4. The summed E-state index contributed by atoms with van der Waals surface area (Å²) >= 11 is 0. The van der Waals surface area contributed by atoms with E-state index in [2.05, 4.69) is 16.5 Å². The molecule has 3 heterocycles. The zero-order valence-corrected chi connectivity index (χ0v) is 16.3. The van der Waals surface area contributed by atoms with Gasteiger partial charge in [-0.2, -0.15) is 10.4 Å². The van der Waals surface area contributed by atoms with Crippen molar-refractivity contribution in [1.29, 1.82) is 5.26 Å². The molecule has 1 aromatic carbocycles. The van der Waals surface area contributed by atoms with E-state index in [9.17, 15) is 15.1 Å². The molecule has 1 amide bonds. The number of primary amides is 1. The van der Waals surface area contributed by atoms with Gasteiger partial charge in [-0.1, -0.05) is 6.07 Å². The second-order valence-electron chi connectivity index (χ2n) is 7.81. The number of amides is 1. The molecule has 9 nitrogen and oxygen atoms in total. The second-order valence-corrected chi connectivity index (χ2v) is 7.81. The minimum atomic E-state index is -0.969. The molecule has 150 valence electrons. The molecule has 10 heteroatoms. The van der Waals surface area contributed by atoms with Crippen LogP contribution in [0.25, 0.3) is 0 Å². The SMILES string of the molecule is CC1(C)OB(O)c2ccc(Nc3nn(C4COCC[C@@H]4C#N)cc3C(N)=O)cc21. The second kappa shape index (κ2) is 7.19. The topological polar surface area (TPSA) is 135 Å². The lowest BCUT2D eigenvalue weighted by Crippen LogP contribution is -2.29. The van der Waals surface area contributed by atoms with Crippen LogP contribution in [0.4, 0.5) is 11.5 Å². The summed E-state index contributed by atoms with van der Waals surface area (Å²) < 4.78 is 12.7. The number of hydrogen-bond donors (Lipinski definition) is 3. The third kappa shape index (κ3) is 3.48. The van der Waals surface area contributed by atoms with E-state index in [4.69, 9.17) is 15.1 Å². The predicted molar refractivity (Wildman–Crippen MR) is 106 cm³/mol. The first-order valence-electron chi connectivity index (χ1n) is 9.44. The first-order chi connectivity index (χ1) is 13.8. The molecule has 2 aromatic rings. The normalized spacial score (nSPS) is 22.8. The summed E-state index contributed by atoms with van der Waals surface area (Å²) in [7, 11) is -0.969. The molecule has 2 atom stereocenters. The molecule has 0 spiro atoms. The summed E-state index contributed by atoms with van der Waals surface area (Å²) in [6, 6.07) is 7.41. The first-order valence-corrected chi connectivity index (χ1v) is 9.44. The van der Waals surface area contributed by atoms with Crippen LogP contribution in [-0.2, 0) is 15.0 Å². The highest BCUT2D eigenvalue weighted by atomic mass is 16.5. The van der Waals surface area contributed by atoms with Crippen LogP contribution in [0.1, 0.15) is 42.2 Å². The van der Waals surface area contributed by atoms with Crippen LogP contribution < -0.4 is 16.5 Å². The number of aromatic nitrogens is 2. The maximum atomic E-state index is 12.0. The fraction of sp³-hybridized carbons (Fsp3) is 0.421. The monoisotopic (exact) mass is 395 g/mol. The van der Waals surface area contributed by atoms with Gasteiger partial charge in [-0.3, -0.25) is 9.48 Å². The molecule has 1 unspecified atom stereocenters. The Morgan fingerprint density at radius 3 is 3.03 bits per heavy atom. The summed E-state index contributed by atoms with van der Waals surface area (Å²) in [5, 5.41) is 27.1. The lowest BCUT2D eigenvalue weighted by Gasteiger charge is -2.26. The lowest BCUT2D eigenvalue weighted by molar-refractivity contribution is 0.0342. The van der Waals surface area contributed by atoms with Crippen LogP contribution in [0.3, 0.4) is 0 Å². The third-order valence-electron chi connectivity index (χ3n) is 5.47. The summed E-state index contributed by atoms with van der Waals surface area (Å²) in [5.41, 5.74) is 7.37. The van der Waals surface area contributed by atoms with Gasteiger partial charge in [-0.05, 0) is 43.4 Å². The van der Waals surface area contributed by atoms with Gasteiger partial charge in [-0.15, -0.1) is 0 Å². The third-order valence-corrected chi connectivity index (χ3v) is 5.47. The highest BCUT2D eigenvalue weighted by Gasteiger charge is 2.40. The van der Waals surface area contributed by atoms with E-state index in [0.717, 1.165) is 5.56 Å². The summed E-state index contributed by atoms with van der Waals surface area (Å²) in [4.78, 5) is 12.0. The number of rotatable bonds is 4. The van der Waals surface area contributed by atoms with Gasteiger partial charge in [0.1, 0.15) is 5.56 Å². The Kier molecular flexibility index (Phi) is 4.82. The standard InChI is InChI=1S/C19H22BN5O4/c1-19(2)14-7-12(3-4-15(14)20(27)29-19)23-18-13(17(22)26)9-25(24-18)16-10-28-6-5-11(16)8-21/h3-4,7,9,11,16,27H,5-6,10H2,1-2H3,(H2,22,26)(H,23,24)/t11-,16?/m1/s1. The quantitative estimate of drug-likeness (QED) is 0.651. The van der Waals surface area contributed by atoms with Crippen molar-refractivity contribution in [3.8, 4) is 6.07 Å². The Morgan fingerprint density at radius 2 is 2.31 bits per heavy atom. The largest absolute Gasteiger partial charge is 0.492 e. The number of nitrogens with two attached hydrogens (primary N) is 1. The first kappa shape index (κ1) is 19.5. The van der Waals surface area contributed by atoms with E-state index in [-0.39, 0.29) is 17.5 Å². The number of hydrogen-bond acceptors (Lipinski definition) is 7. The number of nitriles is 1. The van der Waals surface area contributed by atoms with Crippen LogP contribution in [0.5, 0.6) is 0 Å². The molecule has 0 bridgehead atoms. The Labute approximate surface area is 168 Å². The fourth-order valence-electron chi connectivity index (χ4n) is 3.88. The maximum Gasteiger partial charge on any atom is 0.492 e. The Hall–Kier alpha value is -2.87. The average Bonchev–Trinajstić information content (AvgIpc) is 3.20. The van der Waals surface area contributed by atoms with Crippen molar-refractivity contribution in [2.45, 2.75) is 31.9 Å². The Balaban J connectivity index is 1.67. The van der Waals surface area contributed by atoms with Gasteiger partial charge < -0.3 is 25.5 Å². The summed E-state index contributed by atoms with van der Waals surface area (Å²) in [5.74, 6) is -0.571. The number of nitrogens with zero attached hydrogens (tertiary/aromatic N) is 3. The van der Waals surface area contributed by atoms with E-state index in [0.29, 0.717) is 36.6 Å². The molecule has 1 fully saturated rings. The number of benzene rings is 1. The number of nitrogens with one attached hydrogen (secondary N) is 1. The van der Waals surface area contributed by atoms with E-state index in [1.165, 1.54) is 0 Å². The molecule has 4 rings (SSSR count). The lowest BCUT2D eigenvalue weighted by atomic mass is 9.78. The van der Waals surface area contributed by atoms with Gasteiger partial charge in [0, 0.05) is 18.5 Å². The zero-order valence-electron chi connectivity index (χ0n) is 16.3. The van der Waals surface area contributed by atoms with Crippen molar-refractivity contribution in [1.82, 2.24) is 9.78 Å². The van der Waals surface area contributed by atoms with Gasteiger partial charge >= 0.3 is 7.12 Å². The molecule has 2 aliphatic rings. The molecule has 0 saturated carbocycles. The molecule has 1 saturated heterocycles. The van der Waals surface area contributed by atoms with Crippen molar-refractivity contribution in [2.24, 2.45) is 11.7 Å². The number of fused-ring (bicyclic) bond motifs is 1. The van der Waals surface area contributed by atoms with Crippen LogP contribution in [0, 0.1) is 17.2 Å². The van der Waals surface area contributed by atoms with E-state index in [1.54, 1.807) is 23.0 Å². The summed E-state index contributed by atoms with van der Waals surface area (Å²) in [6.07, 6.45) is 2.16. The minimum Gasteiger partial charge on any atom is -0.423 e. The van der Waals surface area contributed by atoms with Gasteiger partial charge in [0.25, 0.3) is 5.91 Å². The zero-order chi connectivity index (χ0) is 20.8. The fourth-order valence-corrected chi connectivity index (χ4v) is 3.88. The molecule has 29 heavy (non-hydrogen) atoms. The van der Waals surface area contributed by atoms with Crippen LogP contribution in [-0.4, -0.2) is 41.0 Å². The Bertz CT molecular complexity index is 999. The molecule has 0 aliphatic carbocycles. The predicted octanol–water partition coefficient (Wildman–Crippen LogP) is 0.780. The van der Waals surface area contributed by atoms with Crippen molar-refractivity contribution in [3.63, 3.8) is 0 Å². The smallest absolute Gasteiger partial charge is 0.423 e. The number of ether oxygens (including phenoxy) is 1. The van der Waals surface area contributed by atoms with Gasteiger partial charge in [0.15, 0.2) is 5.82 Å². The van der Waals surface area contributed by atoms with E-state index >= 15 is 0 Å². The van der Waals surface area contributed by atoms with Crippen LogP contribution >= 0.6 is 0 Å². The Morgan fingerprint density at radius 1 is 1.52 bits per heavy atom. The van der Waals surface area contributed by atoms with Crippen molar-refractivity contribution >= 4 is 30.0 Å². The highest BCUT2D eigenvalue weighted by Crippen LogP contribution is 2.33. The molecule has 2 aliphatic heterocycles. The van der Waals surface area contributed by atoms with Gasteiger partial charge in [0.05, 0.1) is 30.2 Å². The van der Waals surface area contributed by atoms with Crippen molar-refractivity contribution < 1.29 is 19.2 Å². The van der Waals surface area contributed by atoms with Crippen LogP contribution in [0.15, 0.2) is 24.4 Å². The number of carbonyl (C=O) groups is 1. The van der Waals surface area contributed by atoms with Crippen molar-refractivity contribution in [2.75, 3.05) is 18.5 Å². The van der Waals surface area contributed by atoms with Gasteiger partial charge in [0.2, 0.25) is 0 Å². The molecule has 1 aromatic heterocycles. The average molecular weight is 395 g/mol. The minimum absolute atomic E-state index is 0.225. The number of anilines is 2.